The van der Waals surface area contributed by atoms with E-state index < -0.39 is 18.0 Å². The van der Waals surface area contributed by atoms with Gasteiger partial charge in [-0.05, 0) is 36.2 Å². The molecule has 2 rings (SSSR count). The van der Waals surface area contributed by atoms with E-state index in [1.54, 1.807) is 36.4 Å². The van der Waals surface area contributed by atoms with E-state index in [-0.39, 0.29) is 43.5 Å². The molecule has 0 saturated heterocycles. The summed E-state index contributed by atoms with van der Waals surface area (Å²) < 4.78 is 9.92. The van der Waals surface area contributed by atoms with Crippen molar-refractivity contribution in [3.05, 3.63) is 59.7 Å². The Morgan fingerprint density at radius 2 is 1.78 bits per heavy atom. The first-order valence-electron chi connectivity index (χ1n) is 8.05. The van der Waals surface area contributed by atoms with E-state index in [2.05, 4.69) is 5.32 Å². The number of hydrogen-bond donors (Lipinski definition) is 3. The molecule has 0 aliphatic heterocycles. The minimum absolute atomic E-state index is 0. The second-order valence-corrected chi connectivity index (χ2v) is 5.56. The summed E-state index contributed by atoms with van der Waals surface area (Å²) in [5.74, 6) is -1.41. The van der Waals surface area contributed by atoms with E-state index in [0.29, 0.717) is 11.1 Å². The third kappa shape index (κ3) is 6.80. The van der Waals surface area contributed by atoms with Gasteiger partial charge in [0.15, 0.2) is 11.5 Å². The fourth-order valence-electron chi connectivity index (χ4n) is 2.35. The predicted octanol–water partition coefficient (Wildman–Crippen LogP) is 2.05. The molecule has 0 aliphatic carbocycles. The molecule has 0 fully saturated rings. The molecule has 2 aromatic carbocycles. The van der Waals surface area contributed by atoms with Crippen LogP contribution in [0.3, 0.4) is 0 Å². The van der Waals surface area contributed by atoms with Gasteiger partial charge in [0.05, 0.1) is 12.7 Å². The van der Waals surface area contributed by atoms with Gasteiger partial charge in [0.25, 0.3) is 0 Å². The number of ether oxygens (including phenoxy) is 2. The van der Waals surface area contributed by atoms with Crippen molar-refractivity contribution in [3.63, 3.8) is 0 Å². The Morgan fingerprint density at radius 1 is 1.07 bits per heavy atom. The average molecular weight is 396 g/mol. The second-order valence-electron chi connectivity index (χ2n) is 5.56. The summed E-state index contributed by atoms with van der Waals surface area (Å²) in [7, 11) is 1.28. The Labute approximate surface area is 163 Å². The highest BCUT2D eigenvalue weighted by molar-refractivity contribution is 5.89. The number of methoxy groups -OCH3 is 1. The van der Waals surface area contributed by atoms with Crippen LogP contribution in [0, 0.1) is 0 Å². The number of rotatable bonds is 8. The van der Waals surface area contributed by atoms with Crippen LogP contribution in [0.2, 0.25) is 0 Å². The summed E-state index contributed by atoms with van der Waals surface area (Å²) >= 11 is 0. The predicted molar refractivity (Wildman–Crippen MR) is 101 cm³/mol. The fraction of sp³-hybridized carbons (Fsp3) is 0.263. The van der Waals surface area contributed by atoms with E-state index in [9.17, 15) is 19.8 Å². The van der Waals surface area contributed by atoms with Crippen LogP contribution in [0.4, 0.5) is 0 Å². The van der Waals surface area contributed by atoms with Crippen molar-refractivity contribution in [2.45, 2.75) is 12.5 Å². The molecule has 0 unspecified atom stereocenters. The van der Waals surface area contributed by atoms with Crippen LogP contribution < -0.4 is 5.32 Å². The van der Waals surface area contributed by atoms with E-state index in [4.69, 9.17) is 9.47 Å². The highest BCUT2D eigenvalue weighted by atomic mass is 35.5. The van der Waals surface area contributed by atoms with Gasteiger partial charge in [-0.1, -0.05) is 24.3 Å². The lowest BCUT2D eigenvalue weighted by atomic mass is 10.1. The number of carbonyl (C=O) groups is 2. The Morgan fingerprint density at radius 3 is 2.41 bits per heavy atom. The van der Waals surface area contributed by atoms with Gasteiger partial charge in [-0.15, -0.1) is 12.4 Å². The molecule has 0 radical (unpaired) electrons. The zero-order valence-electron chi connectivity index (χ0n) is 14.8. The van der Waals surface area contributed by atoms with Crippen LogP contribution in [0.25, 0.3) is 0 Å². The van der Waals surface area contributed by atoms with Gasteiger partial charge in [0.1, 0.15) is 12.6 Å². The number of phenols is 2. The third-order valence-corrected chi connectivity index (χ3v) is 3.70. The molecule has 0 amide bonds. The number of benzene rings is 2. The maximum absolute atomic E-state index is 11.9. The topological polar surface area (TPSA) is 105 Å². The first kappa shape index (κ1) is 22.3. The zero-order chi connectivity index (χ0) is 18.9. The first-order valence-corrected chi connectivity index (χ1v) is 8.05. The molecule has 3 N–H and O–H groups in total. The SMILES string of the molecule is COC(=O)[C@H](Cc1ccc(O)c(O)c1)NCCOC(=O)c1ccccc1.Cl. The Balaban J connectivity index is 0.00000364. The van der Waals surface area contributed by atoms with Crippen molar-refractivity contribution < 1.29 is 29.3 Å². The monoisotopic (exact) mass is 395 g/mol. The zero-order valence-corrected chi connectivity index (χ0v) is 15.6. The molecule has 0 heterocycles. The van der Waals surface area contributed by atoms with Gasteiger partial charge in [0.2, 0.25) is 0 Å². The lowest BCUT2D eigenvalue weighted by Crippen LogP contribution is -2.41. The molecule has 0 saturated carbocycles. The molecule has 1 atom stereocenters. The molecule has 0 aromatic heterocycles. The molecule has 7 nitrogen and oxygen atoms in total. The third-order valence-electron chi connectivity index (χ3n) is 3.70. The van der Waals surface area contributed by atoms with Gasteiger partial charge in [0, 0.05) is 6.54 Å². The number of esters is 2. The molecule has 0 bridgehead atoms. The average Bonchev–Trinajstić information content (AvgIpc) is 2.66. The number of hydrogen-bond acceptors (Lipinski definition) is 7. The number of aromatic hydroxyl groups is 2. The van der Waals surface area contributed by atoms with E-state index >= 15 is 0 Å². The largest absolute Gasteiger partial charge is 0.504 e. The number of halogens is 1. The smallest absolute Gasteiger partial charge is 0.338 e. The summed E-state index contributed by atoms with van der Waals surface area (Å²) in [5, 5.41) is 21.9. The number of nitrogens with one attached hydrogen (secondary N) is 1. The highest BCUT2D eigenvalue weighted by Crippen LogP contribution is 2.25. The van der Waals surface area contributed by atoms with Gasteiger partial charge in [-0.25, -0.2) is 4.79 Å². The Bertz CT molecular complexity index is 753. The van der Waals surface area contributed by atoms with Crippen molar-refractivity contribution in [1.29, 1.82) is 0 Å². The van der Waals surface area contributed by atoms with Crippen LogP contribution in [-0.4, -0.2) is 48.5 Å². The summed E-state index contributed by atoms with van der Waals surface area (Å²) in [6.07, 6.45) is 0.243. The van der Waals surface area contributed by atoms with Crippen molar-refractivity contribution in [1.82, 2.24) is 5.32 Å². The molecular formula is C19H22ClNO6. The lowest BCUT2D eigenvalue weighted by molar-refractivity contribution is -0.143. The minimum Gasteiger partial charge on any atom is -0.504 e. The van der Waals surface area contributed by atoms with Crippen LogP contribution >= 0.6 is 12.4 Å². The molecule has 8 heteroatoms. The minimum atomic E-state index is -0.681. The molecule has 0 aliphatic rings. The number of phenolic OH excluding ortho intramolecular Hbond substituents is 2. The number of carbonyl (C=O) groups excluding carboxylic acids is 2. The van der Waals surface area contributed by atoms with Crippen LogP contribution in [0.1, 0.15) is 15.9 Å². The van der Waals surface area contributed by atoms with Crippen LogP contribution in [-0.2, 0) is 20.7 Å². The van der Waals surface area contributed by atoms with E-state index in [0.717, 1.165) is 0 Å². The standard InChI is InChI=1S/C19H21NO6.ClH/c1-25-19(24)15(11-13-7-8-16(21)17(22)12-13)20-9-10-26-18(23)14-5-3-2-4-6-14;/h2-8,12,15,20-22H,9-11H2,1H3;1H/t15-;/m0./s1. The molecule has 146 valence electrons. The summed E-state index contributed by atoms with van der Waals surface area (Å²) in [6, 6.07) is 12.3. The molecule has 0 spiro atoms. The fourth-order valence-corrected chi connectivity index (χ4v) is 2.35. The van der Waals surface area contributed by atoms with Crippen molar-refractivity contribution in [2.75, 3.05) is 20.3 Å². The highest BCUT2D eigenvalue weighted by Gasteiger charge is 2.20. The van der Waals surface area contributed by atoms with Gasteiger partial charge in [-0.2, -0.15) is 0 Å². The maximum Gasteiger partial charge on any atom is 0.338 e. The van der Waals surface area contributed by atoms with Gasteiger partial charge < -0.3 is 25.0 Å². The van der Waals surface area contributed by atoms with Crippen molar-refractivity contribution in [3.8, 4) is 11.5 Å². The van der Waals surface area contributed by atoms with Crippen LogP contribution in [0.5, 0.6) is 11.5 Å². The summed E-state index contributed by atoms with van der Waals surface area (Å²) in [5.41, 5.74) is 1.10. The lowest BCUT2D eigenvalue weighted by Gasteiger charge is -2.17. The first-order chi connectivity index (χ1) is 12.5. The Kier molecular flexibility index (Phi) is 9.12. The maximum atomic E-state index is 11.9. The van der Waals surface area contributed by atoms with Crippen molar-refractivity contribution in [2.24, 2.45) is 0 Å². The summed E-state index contributed by atoms with van der Waals surface area (Å²) in [6.45, 7) is 0.338. The Hall–Kier alpha value is -2.77. The van der Waals surface area contributed by atoms with Gasteiger partial charge >= 0.3 is 11.9 Å². The molecular weight excluding hydrogens is 374 g/mol. The van der Waals surface area contributed by atoms with Gasteiger partial charge in [-0.3, -0.25) is 4.79 Å². The van der Waals surface area contributed by atoms with Crippen LogP contribution in [0.15, 0.2) is 48.5 Å². The molecule has 2 aromatic rings. The van der Waals surface area contributed by atoms with E-state index in [1.807, 2.05) is 0 Å². The van der Waals surface area contributed by atoms with Crippen molar-refractivity contribution >= 4 is 24.3 Å². The second kappa shape index (κ2) is 11.1. The normalized spacial score (nSPS) is 11.1. The van der Waals surface area contributed by atoms with E-state index in [1.165, 1.54) is 19.2 Å². The summed E-state index contributed by atoms with van der Waals surface area (Å²) in [4.78, 5) is 23.8. The molecule has 27 heavy (non-hydrogen) atoms. The quantitative estimate of drug-likeness (QED) is 0.357.